The highest BCUT2D eigenvalue weighted by Gasteiger charge is 2.13. The van der Waals surface area contributed by atoms with Crippen molar-refractivity contribution >= 4 is 28.2 Å². The molecule has 9 nitrogen and oxygen atoms in total. The summed E-state index contributed by atoms with van der Waals surface area (Å²) in [5, 5.41) is 4.02. The summed E-state index contributed by atoms with van der Waals surface area (Å²) in [7, 11) is 1.63. The van der Waals surface area contributed by atoms with Crippen molar-refractivity contribution < 1.29 is 14.2 Å². The smallest absolute Gasteiger partial charge is 0.163 e. The van der Waals surface area contributed by atoms with E-state index >= 15 is 0 Å². The second-order valence-electron chi connectivity index (χ2n) is 7.00. The minimum absolute atomic E-state index is 0.602. The van der Waals surface area contributed by atoms with Crippen LogP contribution in [0.4, 0.5) is 17.3 Å². The second-order valence-corrected chi connectivity index (χ2v) is 7.00. The molecule has 0 bridgehead atoms. The van der Waals surface area contributed by atoms with Gasteiger partial charge in [-0.1, -0.05) is 0 Å². The maximum absolute atomic E-state index is 6.01. The Hall–Kier alpha value is -3.17. The Morgan fingerprint density at radius 1 is 1.13 bits per heavy atom. The average molecular weight is 410 g/mol. The Balaban J connectivity index is 1.47. The van der Waals surface area contributed by atoms with Crippen molar-refractivity contribution in [2.75, 3.05) is 57.6 Å². The minimum atomic E-state index is 0.602. The van der Waals surface area contributed by atoms with E-state index in [1.54, 1.807) is 25.4 Å². The van der Waals surface area contributed by atoms with E-state index in [2.05, 4.69) is 25.2 Å². The summed E-state index contributed by atoms with van der Waals surface area (Å²) >= 11 is 0. The number of pyridine rings is 1. The predicted molar refractivity (Wildman–Crippen MR) is 115 cm³/mol. The molecule has 3 aromatic rings. The maximum atomic E-state index is 6.01. The highest BCUT2D eigenvalue weighted by atomic mass is 16.5. The van der Waals surface area contributed by atoms with Crippen molar-refractivity contribution in [3.8, 4) is 11.5 Å². The number of nitrogen functional groups attached to an aromatic ring is 1. The standard InChI is InChI=1S/C21H26N6O3/c1-28-18-11-16-17(12-19(18)30-8-2-5-27-6-9-29-10-7-27)24-14-25-21(16)26-20-4-3-15(22)13-23-20/h3-4,11-14H,2,5-10,22H2,1H3,(H,23,24,25,26). The summed E-state index contributed by atoms with van der Waals surface area (Å²) in [6.45, 7) is 5.17. The number of benzene rings is 1. The number of ether oxygens (including phenoxy) is 3. The van der Waals surface area contributed by atoms with Gasteiger partial charge in [0.1, 0.15) is 18.0 Å². The zero-order valence-corrected chi connectivity index (χ0v) is 17.0. The van der Waals surface area contributed by atoms with Gasteiger partial charge in [0, 0.05) is 31.1 Å². The molecule has 0 radical (unpaired) electrons. The van der Waals surface area contributed by atoms with Crippen LogP contribution < -0.4 is 20.5 Å². The summed E-state index contributed by atoms with van der Waals surface area (Å²) in [5.74, 6) is 2.58. The van der Waals surface area contributed by atoms with Crippen LogP contribution in [-0.4, -0.2) is 66.4 Å². The van der Waals surface area contributed by atoms with Crippen molar-refractivity contribution in [2.45, 2.75) is 6.42 Å². The Kier molecular flexibility index (Phi) is 6.41. The molecule has 3 N–H and O–H groups in total. The van der Waals surface area contributed by atoms with Gasteiger partial charge < -0.3 is 25.3 Å². The van der Waals surface area contributed by atoms with Crippen LogP contribution in [0.5, 0.6) is 11.5 Å². The van der Waals surface area contributed by atoms with Gasteiger partial charge in [0.25, 0.3) is 0 Å². The average Bonchev–Trinajstić information content (AvgIpc) is 2.78. The van der Waals surface area contributed by atoms with Crippen molar-refractivity contribution in [1.29, 1.82) is 0 Å². The van der Waals surface area contributed by atoms with E-state index in [-0.39, 0.29) is 0 Å². The first-order valence-corrected chi connectivity index (χ1v) is 9.97. The number of rotatable bonds is 8. The highest BCUT2D eigenvalue weighted by Crippen LogP contribution is 2.34. The maximum Gasteiger partial charge on any atom is 0.163 e. The zero-order valence-electron chi connectivity index (χ0n) is 17.0. The van der Waals surface area contributed by atoms with Gasteiger partial charge in [-0.25, -0.2) is 15.0 Å². The molecule has 0 saturated carbocycles. The van der Waals surface area contributed by atoms with Crippen LogP contribution >= 0.6 is 0 Å². The van der Waals surface area contributed by atoms with Crippen LogP contribution in [0.15, 0.2) is 36.8 Å². The molecule has 30 heavy (non-hydrogen) atoms. The molecular weight excluding hydrogens is 384 g/mol. The van der Waals surface area contributed by atoms with E-state index in [1.807, 2.05) is 12.1 Å². The van der Waals surface area contributed by atoms with Crippen molar-refractivity contribution in [3.63, 3.8) is 0 Å². The number of hydrogen-bond acceptors (Lipinski definition) is 9. The van der Waals surface area contributed by atoms with Gasteiger partial charge >= 0.3 is 0 Å². The first kappa shape index (κ1) is 20.1. The molecule has 4 rings (SSSR count). The van der Waals surface area contributed by atoms with E-state index < -0.39 is 0 Å². The highest BCUT2D eigenvalue weighted by molar-refractivity contribution is 5.92. The number of morpholine rings is 1. The number of methoxy groups -OCH3 is 1. The lowest BCUT2D eigenvalue weighted by Crippen LogP contribution is -2.37. The second kappa shape index (κ2) is 9.55. The zero-order chi connectivity index (χ0) is 20.8. The Morgan fingerprint density at radius 3 is 2.77 bits per heavy atom. The van der Waals surface area contributed by atoms with Gasteiger partial charge in [0.05, 0.1) is 44.3 Å². The predicted octanol–water partition coefficient (Wildman–Crippen LogP) is 2.46. The Labute approximate surface area is 175 Å². The van der Waals surface area contributed by atoms with Gasteiger partial charge in [0.2, 0.25) is 0 Å². The number of nitrogens with two attached hydrogens (primary N) is 1. The van der Waals surface area contributed by atoms with Crippen LogP contribution in [0, 0.1) is 0 Å². The normalized spacial score (nSPS) is 14.6. The molecule has 0 unspecified atom stereocenters. The lowest BCUT2D eigenvalue weighted by Gasteiger charge is -2.26. The van der Waals surface area contributed by atoms with Crippen LogP contribution in [0.25, 0.3) is 10.9 Å². The number of hydrogen-bond donors (Lipinski definition) is 2. The Morgan fingerprint density at radius 2 is 2.00 bits per heavy atom. The summed E-state index contributed by atoms with van der Waals surface area (Å²) in [5.41, 5.74) is 7.06. The molecule has 1 aromatic carbocycles. The fourth-order valence-corrected chi connectivity index (χ4v) is 3.33. The molecule has 9 heteroatoms. The van der Waals surface area contributed by atoms with Gasteiger partial charge in [-0.15, -0.1) is 0 Å². The fraction of sp³-hybridized carbons (Fsp3) is 0.381. The molecule has 3 heterocycles. The largest absolute Gasteiger partial charge is 0.493 e. The summed E-state index contributed by atoms with van der Waals surface area (Å²) < 4.78 is 16.9. The van der Waals surface area contributed by atoms with Crippen molar-refractivity contribution in [3.05, 3.63) is 36.8 Å². The fourth-order valence-electron chi connectivity index (χ4n) is 3.33. The van der Waals surface area contributed by atoms with Gasteiger partial charge in [0.15, 0.2) is 11.5 Å². The molecule has 0 atom stereocenters. The quantitative estimate of drug-likeness (QED) is 0.541. The minimum Gasteiger partial charge on any atom is -0.493 e. The number of nitrogens with one attached hydrogen (secondary N) is 1. The summed E-state index contributed by atoms with van der Waals surface area (Å²) in [4.78, 5) is 15.4. The molecule has 1 fully saturated rings. The summed E-state index contributed by atoms with van der Waals surface area (Å²) in [6.07, 6.45) is 4.03. The molecular formula is C21H26N6O3. The van der Waals surface area contributed by atoms with E-state index in [0.717, 1.165) is 50.2 Å². The molecule has 158 valence electrons. The molecule has 0 spiro atoms. The van der Waals surface area contributed by atoms with E-state index in [1.165, 1.54) is 6.33 Å². The number of anilines is 3. The van der Waals surface area contributed by atoms with Crippen LogP contribution in [0.3, 0.4) is 0 Å². The SMILES string of the molecule is COc1cc2c(Nc3ccc(N)cn3)ncnc2cc1OCCCN1CCOCC1. The first-order valence-electron chi connectivity index (χ1n) is 9.97. The summed E-state index contributed by atoms with van der Waals surface area (Å²) in [6, 6.07) is 7.34. The van der Waals surface area contributed by atoms with Gasteiger partial charge in [-0.2, -0.15) is 0 Å². The van der Waals surface area contributed by atoms with Crippen LogP contribution in [0.1, 0.15) is 6.42 Å². The van der Waals surface area contributed by atoms with E-state index in [9.17, 15) is 0 Å². The topological polar surface area (TPSA) is 108 Å². The van der Waals surface area contributed by atoms with E-state index in [0.29, 0.717) is 35.4 Å². The molecule has 0 aliphatic carbocycles. The number of fused-ring (bicyclic) bond motifs is 1. The van der Waals surface area contributed by atoms with Crippen molar-refractivity contribution in [2.24, 2.45) is 0 Å². The molecule has 2 aromatic heterocycles. The Bertz CT molecular complexity index is 976. The third kappa shape index (κ3) is 4.87. The van der Waals surface area contributed by atoms with E-state index in [4.69, 9.17) is 19.9 Å². The lowest BCUT2D eigenvalue weighted by molar-refractivity contribution is 0.0357. The lowest BCUT2D eigenvalue weighted by atomic mass is 10.2. The van der Waals surface area contributed by atoms with Gasteiger partial charge in [-0.3, -0.25) is 4.90 Å². The molecule has 0 amide bonds. The van der Waals surface area contributed by atoms with Crippen molar-refractivity contribution in [1.82, 2.24) is 19.9 Å². The van der Waals surface area contributed by atoms with Crippen LogP contribution in [-0.2, 0) is 4.74 Å². The third-order valence-electron chi connectivity index (χ3n) is 4.93. The van der Waals surface area contributed by atoms with Crippen LogP contribution in [0.2, 0.25) is 0 Å². The monoisotopic (exact) mass is 410 g/mol. The first-order chi connectivity index (χ1) is 14.7. The molecule has 1 aliphatic heterocycles. The molecule has 1 saturated heterocycles. The number of nitrogens with zero attached hydrogens (tertiary/aromatic N) is 4. The third-order valence-corrected chi connectivity index (χ3v) is 4.93. The molecule has 1 aliphatic rings. The number of aromatic nitrogens is 3. The van der Waals surface area contributed by atoms with Gasteiger partial charge in [-0.05, 0) is 24.6 Å².